The van der Waals surface area contributed by atoms with Crippen molar-refractivity contribution in [1.82, 2.24) is 35.2 Å². The van der Waals surface area contributed by atoms with Gasteiger partial charge in [-0.25, -0.2) is 9.78 Å². The number of hydrogen-bond donors (Lipinski definition) is 2. The van der Waals surface area contributed by atoms with Gasteiger partial charge in [0.05, 0.1) is 6.54 Å². The van der Waals surface area contributed by atoms with Crippen LogP contribution in [0.4, 0.5) is 4.79 Å². The van der Waals surface area contributed by atoms with Crippen LogP contribution in [0, 0.1) is 5.92 Å². The lowest BCUT2D eigenvalue weighted by atomic mass is 9.98. The number of piperidine rings is 1. The number of hydrogen-bond acceptors (Lipinski definition) is 5. The first-order valence-electron chi connectivity index (χ1n) is 8.96. The number of urea groups is 1. The van der Waals surface area contributed by atoms with Gasteiger partial charge in [0.2, 0.25) is 5.91 Å². The number of aromatic nitrogens is 3. The molecule has 0 radical (unpaired) electrons. The lowest BCUT2D eigenvalue weighted by Crippen LogP contribution is -2.52. The highest BCUT2D eigenvalue weighted by atomic mass is 16.2. The van der Waals surface area contributed by atoms with Crippen molar-refractivity contribution in [3.8, 4) is 0 Å². The molecule has 3 rings (SSSR count). The number of carbonyl (C=O) groups excluding carboxylic acids is 2. The average Bonchev–Trinajstić information content (AvgIpc) is 3.13. The number of rotatable bonds is 4. The van der Waals surface area contributed by atoms with Crippen LogP contribution in [0.3, 0.4) is 0 Å². The minimum absolute atomic E-state index is 0.000682. The second-order valence-corrected chi connectivity index (χ2v) is 6.85. The van der Waals surface area contributed by atoms with Crippen molar-refractivity contribution in [2.75, 3.05) is 45.8 Å². The van der Waals surface area contributed by atoms with Crippen LogP contribution in [0.5, 0.6) is 0 Å². The molecule has 2 fully saturated rings. The van der Waals surface area contributed by atoms with Crippen molar-refractivity contribution in [3.05, 3.63) is 12.2 Å². The zero-order chi connectivity index (χ0) is 17.6. The molecular formula is C16H27N7O2. The number of nitrogens with zero attached hydrogens (tertiary/aromatic N) is 5. The lowest BCUT2D eigenvalue weighted by Gasteiger charge is -2.35. The Balaban J connectivity index is 1.37. The third kappa shape index (κ3) is 4.91. The second kappa shape index (κ2) is 8.28. The molecular weight excluding hydrogens is 322 g/mol. The van der Waals surface area contributed by atoms with Crippen LogP contribution >= 0.6 is 0 Å². The minimum Gasteiger partial charge on any atom is -0.343 e. The van der Waals surface area contributed by atoms with E-state index in [0.717, 1.165) is 51.4 Å². The van der Waals surface area contributed by atoms with Gasteiger partial charge in [-0.05, 0) is 18.8 Å². The van der Waals surface area contributed by atoms with E-state index >= 15 is 0 Å². The van der Waals surface area contributed by atoms with E-state index in [1.807, 2.05) is 9.80 Å². The van der Waals surface area contributed by atoms with Crippen molar-refractivity contribution in [2.24, 2.45) is 5.92 Å². The Hall–Kier alpha value is -2.16. The van der Waals surface area contributed by atoms with Crippen LogP contribution in [0.15, 0.2) is 6.33 Å². The molecule has 9 heteroatoms. The summed E-state index contributed by atoms with van der Waals surface area (Å²) in [5.74, 6) is 1.33. The molecule has 138 valence electrons. The van der Waals surface area contributed by atoms with Gasteiger partial charge in [0, 0.05) is 52.7 Å². The molecule has 2 aliphatic heterocycles. The molecule has 25 heavy (non-hydrogen) atoms. The summed E-state index contributed by atoms with van der Waals surface area (Å²) in [5.41, 5.74) is 0. The zero-order valence-electron chi connectivity index (χ0n) is 14.8. The first kappa shape index (κ1) is 17.7. The Morgan fingerprint density at radius 1 is 1.24 bits per heavy atom. The molecule has 0 bridgehead atoms. The summed E-state index contributed by atoms with van der Waals surface area (Å²) in [7, 11) is 0. The topological polar surface area (TPSA) is 97.5 Å². The Labute approximate surface area is 147 Å². The highest BCUT2D eigenvalue weighted by molar-refractivity contribution is 5.74. The zero-order valence-corrected chi connectivity index (χ0v) is 14.8. The van der Waals surface area contributed by atoms with Gasteiger partial charge in [-0.15, -0.1) is 0 Å². The van der Waals surface area contributed by atoms with Crippen LogP contribution in [0.25, 0.3) is 0 Å². The fourth-order valence-corrected chi connectivity index (χ4v) is 3.49. The molecule has 3 heterocycles. The third-order valence-corrected chi connectivity index (χ3v) is 5.00. The van der Waals surface area contributed by atoms with Crippen LogP contribution in [0.1, 0.15) is 25.6 Å². The number of amides is 3. The maximum atomic E-state index is 12.4. The lowest BCUT2D eigenvalue weighted by molar-refractivity contribution is -0.130. The molecule has 0 aromatic carbocycles. The molecule has 0 spiro atoms. The number of nitrogens with one attached hydrogen (secondary N) is 2. The summed E-state index contributed by atoms with van der Waals surface area (Å²) >= 11 is 0. The highest BCUT2D eigenvalue weighted by Crippen LogP contribution is 2.16. The predicted molar refractivity (Wildman–Crippen MR) is 91.6 cm³/mol. The van der Waals surface area contributed by atoms with Gasteiger partial charge in [0.1, 0.15) is 12.2 Å². The van der Waals surface area contributed by atoms with E-state index in [1.54, 1.807) is 6.92 Å². The van der Waals surface area contributed by atoms with Crippen LogP contribution < -0.4 is 5.32 Å². The number of carbonyl (C=O) groups is 2. The largest absolute Gasteiger partial charge is 0.343 e. The predicted octanol–water partition coefficient (Wildman–Crippen LogP) is -0.110. The molecule has 0 aliphatic carbocycles. The summed E-state index contributed by atoms with van der Waals surface area (Å²) in [6.45, 7) is 7.66. The number of H-pyrrole nitrogens is 1. The van der Waals surface area contributed by atoms with E-state index in [0.29, 0.717) is 25.6 Å². The average molecular weight is 349 g/mol. The van der Waals surface area contributed by atoms with E-state index in [-0.39, 0.29) is 11.9 Å². The van der Waals surface area contributed by atoms with Gasteiger partial charge in [-0.2, -0.15) is 5.10 Å². The molecule has 1 aromatic rings. The van der Waals surface area contributed by atoms with Crippen molar-refractivity contribution in [1.29, 1.82) is 0 Å². The van der Waals surface area contributed by atoms with Crippen molar-refractivity contribution in [3.63, 3.8) is 0 Å². The summed E-state index contributed by atoms with van der Waals surface area (Å²) < 4.78 is 0. The maximum Gasteiger partial charge on any atom is 0.317 e. The molecule has 9 nitrogen and oxygen atoms in total. The standard InChI is InChI=1S/C16H27N7O2/c1-13(24)23-4-2-3-14(10-23)9-17-16(25)22-7-5-21(6-8-22)11-15-18-12-19-20-15/h12,14H,2-11H2,1H3,(H,17,25)(H,18,19,20). The van der Waals surface area contributed by atoms with Crippen LogP contribution in [-0.2, 0) is 11.3 Å². The molecule has 1 unspecified atom stereocenters. The van der Waals surface area contributed by atoms with Gasteiger partial charge in [0.25, 0.3) is 0 Å². The normalized spacial score (nSPS) is 22.0. The van der Waals surface area contributed by atoms with E-state index in [4.69, 9.17) is 0 Å². The van der Waals surface area contributed by atoms with E-state index in [1.165, 1.54) is 6.33 Å². The van der Waals surface area contributed by atoms with Crippen molar-refractivity contribution < 1.29 is 9.59 Å². The fourth-order valence-electron chi connectivity index (χ4n) is 3.49. The Morgan fingerprint density at radius 3 is 2.72 bits per heavy atom. The molecule has 2 N–H and O–H groups in total. The molecule has 2 saturated heterocycles. The van der Waals surface area contributed by atoms with Gasteiger partial charge in [0.15, 0.2) is 0 Å². The maximum absolute atomic E-state index is 12.4. The third-order valence-electron chi connectivity index (χ3n) is 5.00. The molecule has 0 saturated carbocycles. The highest BCUT2D eigenvalue weighted by Gasteiger charge is 2.24. The quantitative estimate of drug-likeness (QED) is 0.790. The van der Waals surface area contributed by atoms with Crippen molar-refractivity contribution in [2.45, 2.75) is 26.3 Å². The fraction of sp³-hybridized carbons (Fsp3) is 0.750. The minimum atomic E-state index is -0.000682. The summed E-state index contributed by atoms with van der Waals surface area (Å²) in [6.07, 6.45) is 3.59. The van der Waals surface area contributed by atoms with Gasteiger partial charge < -0.3 is 15.1 Å². The van der Waals surface area contributed by atoms with E-state index in [2.05, 4.69) is 25.4 Å². The second-order valence-electron chi connectivity index (χ2n) is 6.85. The van der Waals surface area contributed by atoms with E-state index in [9.17, 15) is 9.59 Å². The van der Waals surface area contributed by atoms with Crippen molar-refractivity contribution >= 4 is 11.9 Å². The van der Waals surface area contributed by atoms with Crippen LogP contribution in [0.2, 0.25) is 0 Å². The molecule has 1 atom stereocenters. The summed E-state index contributed by atoms with van der Waals surface area (Å²) in [6, 6.07) is -0.000682. The Bertz CT molecular complexity index is 569. The first-order valence-corrected chi connectivity index (χ1v) is 8.96. The summed E-state index contributed by atoms with van der Waals surface area (Å²) in [5, 5.41) is 9.76. The summed E-state index contributed by atoms with van der Waals surface area (Å²) in [4.78, 5) is 34.0. The first-order chi connectivity index (χ1) is 12.1. The smallest absolute Gasteiger partial charge is 0.317 e. The Kier molecular flexibility index (Phi) is 5.85. The molecule has 2 aliphatic rings. The van der Waals surface area contributed by atoms with Gasteiger partial charge in [-0.1, -0.05) is 0 Å². The van der Waals surface area contributed by atoms with Crippen LogP contribution in [-0.4, -0.2) is 87.6 Å². The monoisotopic (exact) mass is 349 g/mol. The number of aromatic amines is 1. The molecule has 1 aromatic heterocycles. The molecule has 3 amide bonds. The van der Waals surface area contributed by atoms with Gasteiger partial charge in [-0.3, -0.25) is 14.8 Å². The SMILES string of the molecule is CC(=O)N1CCCC(CNC(=O)N2CCN(Cc3ncn[nH]3)CC2)C1. The number of piperazine rings is 1. The number of likely N-dealkylation sites (tertiary alicyclic amines) is 1. The van der Waals surface area contributed by atoms with Gasteiger partial charge >= 0.3 is 6.03 Å². The Morgan fingerprint density at radius 2 is 2.04 bits per heavy atom. The van der Waals surface area contributed by atoms with E-state index < -0.39 is 0 Å².